The van der Waals surface area contributed by atoms with Crippen LogP contribution in [0.25, 0.3) is 10.6 Å². The highest BCUT2D eigenvalue weighted by Crippen LogP contribution is 2.28. The van der Waals surface area contributed by atoms with Gasteiger partial charge in [-0.25, -0.2) is 9.78 Å². The van der Waals surface area contributed by atoms with E-state index in [1.807, 2.05) is 5.38 Å². The Morgan fingerprint density at radius 1 is 1.40 bits per heavy atom. The summed E-state index contributed by atoms with van der Waals surface area (Å²) in [5, 5.41) is 21.6. The molecule has 4 nitrogen and oxygen atoms in total. The van der Waals surface area contributed by atoms with Crippen LogP contribution in [0.3, 0.4) is 0 Å². The molecule has 0 radical (unpaired) electrons. The van der Waals surface area contributed by atoms with Crippen molar-refractivity contribution < 1.29 is 15.0 Å². The van der Waals surface area contributed by atoms with Crippen LogP contribution in [-0.4, -0.2) is 21.2 Å². The minimum atomic E-state index is -0.935. The topological polar surface area (TPSA) is 70.4 Å². The first kappa shape index (κ1) is 10.3. The first-order valence-electron chi connectivity index (χ1n) is 4.08. The molecule has 0 aromatic carbocycles. The molecule has 0 aliphatic rings. The van der Waals surface area contributed by atoms with Crippen LogP contribution in [0.15, 0.2) is 16.8 Å². The van der Waals surface area contributed by atoms with Gasteiger partial charge in [0.15, 0.2) is 0 Å². The van der Waals surface area contributed by atoms with Crippen molar-refractivity contribution in [1.82, 2.24) is 4.98 Å². The molecule has 0 bridgehead atoms. The second-order valence-corrected chi connectivity index (χ2v) is 4.64. The lowest BCUT2D eigenvalue weighted by Gasteiger charge is -1.87. The summed E-state index contributed by atoms with van der Waals surface area (Å²) in [6.45, 7) is -0.0815. The van der Waals surface area contributed by atoms with Crippen LogP contribution in [0.4, 0.5) is 0 Å². The summed E-state index contributed by atoms with van der Waals surface area (Å²) in [7, 11) is 0. The molecule has 0 saturated carbocycles. The summed E-state index contributed by atoms with van der Waals surface area (Å²) < 4.78 is 0. The average molecular weight is 241 g/mol. The number of hydrogen-bond acceptors (Lipinski definition) is 5. The number of aliphatic hydroxyl groups is 1. The van der Waals surface area contributed by atoms with Gasteiger partial charge in [0, 0.05) is 10.8 Å². The fourth-order valence-corrected chi connectivity index (χ4v) is 2.65. The predicted octanol–water partition coefficient (Wildman–Crippen LogP) is 2.06. The second kappa shape index (κ2) is 4.09. The molecule has 0 fully saturated rings. The SMILES string of the molecule is O=C(O)c1csc(-c2csc(CO)n2)c1. The van der Waals surface area contributed by atoms with Crippen LogP contribution in [0, 0.1) is 0 Å². The Morgan fingerprint density at radius 3 is 2.73 bits per heavy atom. The number of thiazole rings is 1. The molecule has 78 valence electrons. The molecule has 0 spiro atoms. The maximum Gasteiger partial charge on any atom is 0.336 e. The maximum atomic E-state index is 10.7. The van der Waals surface area contributed by atoms with Gasteiger partial charge in [-0.3, -0.25) is 0 Å². The first-order chi connectivity index (χ1) is 7.20. The first-order valence-corrected chi connectivity index (χ1v) is 5.84. The Hall–Kier alpha value is -1.24. The van der Waals surface area contributed by atoms with E-state index >= 15 is 0 Å². The van der Waals surface area contributed by atoms with Gasteiger partial charge in [0.25, 0.3) is 0 Å². The summed E-state index contributed by atoms with van der Waals surface area (Å²) >= 11 is 2.70. The molecule has 0 unspecified atom stereocenters. The lowest BCUT2D eigenvalue weighted by Crippen LogP contribution is -1.91. The van der Waals surface area contributed by atoms with E-state index in [2.05, 4.69) is 4.98 Å². The molecule has 2 N–H and O–H groups in total. The standard InChI is InChI=1S/C9H7NO3S2/c11-2-8-10-6(4-15-8)7-1-5(3-14-7)9(12)13/h1,3-4,11H,2H2,(H,12,13). The van der Waals surface area contributed by atoms with Gasteiger partial charge in [-0.2, -0.15) is 0 Å². The van der Waals surface area contributed by atoms with Crippen molar-refractivity contribution in [2.24, 2.45) is 0 Å². The Bertz CT molecular complexity index is 489. The van der Waals surface area contributed by atoms with Crippen LogP contribution in [0.2, 0.25) is 0 Å². The van der Waals surface area contributed by atoms with Gasteiger partial charge in [-0.15, -0.1) is 22.7 Å². The smallest absolute Gasteiger partial charge is 0.336 e. The molecule has 2 rings (SSSR count). The molecule has 2 aromatic rings. The molecule has 2 aromatic heterocycles. The minimum absolute atomic E-state index is 0.0815. The van der Waals surface area contributed by atoms with Gasteiger partial charge in [0.1, 0.15) is 5.01 Å². The zero-order valence-electron chi connectivity index (χ0n) is 7.51. The van der Waals surface area contributed by atoms with Crippen LogP contribution in [0.5, 0.6) is 0 Å². The zero-order chi connectivity index (χ0) is 10.8. The molecule has 15 heavy (non-hydrogen) atoms. The molecule has 2 heterocycles. The van der Waals surface area contributed by atoms with Gasteiger partial charge in [-0.1, -0.05) is 0 Å². The van der Waals surface area contributed by atoms with E-state index in [-0.39, 0.29) is 12.2 Å². The van der Waals surface area contributed by atoms with Gasteiger partial charge >= 0.3 is 5.97 Å². The fraction of sp³-hybridized carbons (Fsp3) is 0.111. The van der Waals surface area contributed by atoms with E-state index in [1.54, 1.807) is 11.4 Å². The highest BCUT2D eigenvalue weighted by Gasteiger charge is 2.10. The van der Waals surface area contributed by atoms with E-state index in [0.717, 1.165) is 10.6 Å². The van der Waals surface area contributed by atoms with Gasteiger partial charge < -0.3 is 10.2 Å². The van der Waals surface area contributed by atoms with E-state index in [0.29, 0.717) is 5.01 Å². The summed E-state index contributed by atoms with van der Waals surface area (Å²) in [5.41, 5.74) is 0.995. The van der Waals surface area contributed by atoms with Crippen molar-refractivity contribution in [3.63, 3.8) is 0 Å². The van der Waals surface area contributed by atoms with Crippen molar-refractivity contribution in [2.45, 2.75) is 6.61 Å². The van der Waals surface area contributed by atoms with Gasteiger partial charge in [0.2, 0.25) is 0 Å². The third-order valence-corrected chi connectivity index (χ3v) is 3.57. The number of carbonyl (C=O) groups is 1. The number of carboxylic acids is 1. The Kier molecular flexibility index (Phi) is 2.81. The van der Waals surface area contributed by atoms with Crippen molar-refractivity contribution in [2.75, 3.05) is 0 Å². The Morgan fingerprint density at radius 2 is 2.20 bits per heavy atom. The Labute approximate surface area is 93.5 Å². The second-order valence-electron chi connectivity index (χ2n) is 2.79. The van der Waals surface area contributed by atoms with E-state index in [1.165, 1.54) is 22.7 Å². The molecule has 6 heteroatoms. The maximum absolute atomic E-state index is 10.7. The number of nitrogens with zero attached hydrogens (tertiary/aromatic N) is 1. The lowest BCUT2D eigenvalue weighted by atomic mass is 10.3. The summed E-state index contributed by atoms with van der Waals surface area (Å²) in [6.07, 6.45) is 0. The predicted molar refractivity (Wildman–Crippen MR) is 58.3 cm³/mol. The van der Waals surface area contributed by atoms with E-state index < -0.39 is 5.97 Å². The number of carboxylic acid groups (broad SMARTS) is 1. The van der Waals surface area contributed by atoms with Crippen molar-refractivity contribution >= 4 is 28.6 Å². The van der Waals surface area contributed by atoms with Crippen LogP contribution in [-0.2, 0) is 6.61 Å². The fourth-order valence-electron chi connectivity index (χ4n) is 1.08. The van der Waals surface area contributed by atoms with Crippen molar-refractivity contribution in [3.05, 3.63) is 27.4 Å². The third-order valence-electron chi connectivity index (χ3n) is 1.79. The third kappa shape index (κ3) is 2.06. The number of aromatic carboxylic acids is 1. The molecular weight excluding hydrogens is 234 g/mol. The summed E-state index contributed by atoms with van der Waals surface area (Å²) in [6, 6.07) is 1.59. The van der Waals surface area contributed by atoms with Crippen molar-refractivity contribution in [3.8, 4) is 10.6 Å². The molecule has 0 amide bonds. The van der Waals surface area contributed by atoms with Gasteiger partial charge in [0.05, 0.1) is 22.7 Å². The monoisotopic (exact) mass is 241 g/mol. The zero-order valence-corrected chi connectivity index (χ0v) is 9.14. The number of aliphatic hydroxyl groups excluding tert-OH is 1. The van der Waals surface area contributed by atoms with E-state index in [9.17, 15) is 4.79 Å². The molecule has 0 saturated heterocycles. The lowest BCUT2D eigenvalue weighted by molar-refractivity contribution is 0.0697. The number of thiophene rings is 1. The normalized spacial score (nSPS) is 10.5. The minimum Gasteiger partial charge on any atom is -0.478 e. The molecule has 0 aliphatic carbocycles. The van der Waals surface area contributed by atoms with E-state index in [4.69, 9.17) is 10.2 Å². The molecule has 0 atom stereocenters. The summed E-state index contributed by atoms with van der Waals surface area (Å²) in [4.78, 5) is 15.6. The van der Waals surface area contributed by atoms with Gasteiger partial charge in [-0.05, 0) is 6.07 Å². The van der Waals surface area contributed by atoms with Crippen LogP contribution >= 0.6 is 22.7 Å². The number of aromatic nitrogens is 1. The Balaban J connectivity index is 2.32. The summed E-state index contributed by atoms with van der Waals surface area (Å²) in [5.74, 6) is -0.935. The number of rotatable bonds is 3. The molecule has 0 aliphatic heterocycles. The quantitative estimate of drug-likeness (QED) is 0.863. The highest BCUT2D eigenvalue weighted by molar-refractivity contribution is 7.14. The average Bonchev–Trinajstić information content (AvgIpc) is 2.86. The molecular formula is C9H7NO3S2. The van der Waals surface area contributed by atoms with Crippen molar-refractivity contribution in [1.29, 1.82) is 0 Å². The number of hydrogen-bond donors (Lipinski definition) is 2. The van der Waals surface area contributed by atoms with Crippen LogP contribution in [0.1, 0.15) is 15.4 Å². The highest BCUT2D eigenvalue weighted by atomic mass is 32.1. The van der Waals surface area contributed by atoms with Crippen LogP contribution < -0.4 is 0 Å². The largest absolute Gasteiger partial charge is 0.478 e.